The number of benzene rings is 2. The van der Waals surface area contributed by atoms with E-state index < -0.39 is 8.07 Å². The number of thiophene rings is 1. The molecular formula is C31H35SSiZr-. The van der Waals surface area contributed by atoms with Crippen LogP contribution in [0.25, 0.3) is 27.1 Å². The third kappa shape index (κ3) is 4.12. The topological polar surface area (TPSA) is 0 Å². The molecule has 1 unspecified atom stereocenters. The molecule has 0 N–H and O–H groups in total. The SMILES string of the molecule is CC1=C2c3sccc3C1[Si]2(C)C.CCc1cc2c(-c3ccc(C(C)(C)C)cc3)cccc2[cH-]1.[Zr]. The van der Waals surface area contributed by atoms with Gasteiger partial charge in [0.2, 0.25) is 0 Å². The van der Waals surface area contributed by atoms with Gasteiger partial charge in [0.15, 0.2) is 0 Å². The molecule has 0 radical (unpaired) electrons. The summed E-state index contributed by atoms with van der Waals surface area (Å²) in [7, 11) is -0.972. The Kier molecular flexibility index (Phi) is 6.97. The van der Waals surface area contributed by atoms with Gasteiger partial charge in [0.1, 0.15) is 0 Å². The molecule has 3 heterocycles. The maximum absolute atomic E-state index is 2.51. The fourth-order valence-electron chi connectivity index (χ4n) is 6.01. The van der Waals surface area contributed by atoms with Crippen LogP contribution in [-0.2, 0) is 38.0 Å². The largest absolute Gasteiger partial charge is 0.164 e. The number of hydrogen-bond donors (Lipinski definition) is 0. The number of hydrogen-bond acceptors (Lipinski definition) is 1. The summed E-state index contributed by atoms with van der Waals surface area (Å²) in [6.07, 6.45) is 1.09. The number of aryl methyl sites for hydroxylation is 1. The molecular weight excluding hydrogens is 524 g/mol. The van der Waals surface area contributed by atoms with Crippen molar-refractivity contribution in [2.24, 2.45) is 0 Å². The van der Waals surface area contributed by atoms with Crippen molar-refractivity contribution in [3.05, 3.63) is 93.2 Å². The van der Waals surface area contributed by atoms with Crippen LogP contribution in [0.3, 0.4) is 0 Å². The first kappa shape index (κ1) is 25.7. The van der Waals surface area contributed by atoms with E-state index >= 15 is 0 Å². The summed E-state index contributed by atoms with van der Waals surface area (Å²) in [6.45, 7) is 16.3. The van der Waals surface area contributed by atoms with Gasteiger partial charge in [-0.05, 0) is 52.1 Å². The molecule has 34 heavy (non-hydrogen) atoms. The van der Waals surface area contributed by atoms with Gasteiger partial charge in [0.05, 0.1) is 8.07 Å². The van der Waals surface area contributed by atoms with Gasteiger partial charge in [-0.2, -0.15) is 6.07 Å². The Labute approximate surface area is 229 Å². The van der Waals surface area contributed by atoms with Crippen LogP contribution in [0.2, 0.25) is 13.1 Å². The van der Waals surface area contributed by atoms with Crippen LogP contribution in [0.1, 0.15) is 61.7 Å². The van der Waals surface area contributed by atoms with Crippen LogP contribution in [0.5, 0.6) is 0 Å². The van der Waals surface area contributed by atoms with Gasteiger partial charge in [-0.1, -0.05) is 82.3 Å². The molecule has 7 rings (SSSR count). The van der Waals surface area contributed by atoms with Crippen LogP contribution in [0.4, 0.5) is 0 Å². The third-order valence-corrected chi connectivity index (χ3v) is 13.0. The molecule has 1 aromatic heterocycles. The van der Waals surface area contributed by atoms with E-state index in [1.54, 1.807) is 21.2 Å². The second-order valence-corrected chi connectivity index (χ2v) is 16.7. The molecule has 3 aliphatic rings. The minimum atomic E-state index is -0.972. The van der Waals surface area contributed by atoms with Crippen molar-refractivity contribution in [2.75, 3.05) is 0 Å². The van der Waals surface area contributed by atoms with Crippen molar-refractivity contribution in [2.45, 2.75) is 65.1 Å². The summed E-state index contributed by atoms with van der Waals surface area (Å²) in [5.74, 6) is 0. The Bertz CT molecular complexity index is 1360. The van der Waals surface area contributed by atoms with Gasteiger partial charge in [0, 0.05) is 36.6 Å². The van der Waals surface area contributed by atoms with Crippen LogP contribution in [0.15, 0.2) is 71.6 Å². The molecule has 0 saturated heterocycles. The van der Waals surface area contributed by atoms with Gasteiger partial charge in [-0.25, -0.2) is 0 Å². The van der Waals surface area contributed by atoms with Crippen molar-refractivity contribution in [1.82, 2.24) is 0 Å². The molecule has 0 amide bonds. The Hall–Kier alpha value is -1.41. The zero-order valence-corrected chi connectivity index (χ0v) is 25.8. The summed E-state index contributed by atoms with van der Waals surface area (Å²) in [5, 5.41) is 6.74. The first-order valence-corrected chi connectivity index (χ1v) is 16.2. The van der Waals surface area contributed by atoms with Crippen molar-refractivity contribution in [1.29, 1.82) is 0 Å². The molecule has 3 heteroatoms. The van der Waals surface area contributed by atoms with E-state index in [2.05, 4.69) is 114 Å². The van der Waals surface area contributed by atoms with E-state index in [-0.39, 0.29) is 31.6 Å². The average molecular weight is 559 g/mol. The maximum atomic E-state index is 2.51. The summed E-state index contributed by atoms with van der Waals surface area (Å²) >= 11 is 1.94. The molecule has 2 bridgehead atoms. The minimum Gasteiger partial charge on any atom is -0.164 e. The van der Waals surface area contributed by atoms with Crippen molar-refractivity contribution >= 4 is 35.4 Å². The second-order valence-electron chi connectivity index (χ2n) is 11.3. The fraction of sp³-hybridized carbons (Fsp3) is 0.323. The summed E-state index contributed by atoms with van der Waals surface area (Å²) < 4.78 is 0. The summed E-state index contributed by atoms with van der Waals surface area (Å²) in [5.41, 5.74) is 9.89. The van der Waals surface area contributed by atoms with Gasteiger partial charge < -0.3 is 0 Å². The van der Waals surface area contributed by atoms with Crippen LogP contribution in [0, 0.1) is 0 Å². The Morgan fingerprint density at radius 3 is 2.29 bits per heavy atom. The minimum absolute atomic E-state index is 0. The van der Waals surface area contributed by atoms with Crippen molar-refractivity contribution in [3.63, 3.8) is 0 Å². The Morgan fingerprint density at radius 1 is 1.00 bits per heavy atom. The van der Waals surface area contributed by atoms with E-state index in [0.29, 0.717) is 0 Å². The first-order valence-electron chi connectivity index (χ1n) is 12.2. The molecule has 3 aromatic carbocycles. The van der Waals surface area contributed by atoms with Crippen LogP contribution in [-0.4, -0.2) is 8.07 Å². The average Bonchev–Trinajstić information content (AvgIpc) is 3.49. The van der Waals surface area contributed by atoms with Gasteiger partial charge in [-0.15, -0.1) is 45.9 Å². The molecule has 1 aliphatic carbocycles. The smallest absolute Gasteiger partial charge is 0.0941 e. The molecule has 4 aromatic rings. The Balaban J connectivity index is 0.000000178. The second kappa shape index (κ2) is 9.23. The molecule has 1 atom stereocenters. The van der Waals surface area contributed by atoms with E-state index in [0.717, 1.165) is 12.0 Å². The zero-order chi connectivity index (χ0) is 23.5. The molecule has 174 valence electrons. The van der Waals surface area contributed by atoms with Crippen LogP contribution >= 0.6 is 11.3 Å². The Morgan fingerprint density at radius 2 is 1.71 bits per heavy atom. The first-order chi connectivity index (χ1) is 15.6. The van der Waals surface area contributed by atoms with Crippen molar-refractivity contribution < 1.29 is 26.2 Å². The van der Waals surface area contributed by atoms with Crippen molar-refractivity contribution in [3.8, 4) is 11.1 Å². The van der Waals surface area contributed by atoms with Gasteiger partial charge >= 0.3 is 0 Å². The molecule has 0 spiro atoms. The zero-order valence-electron chi connectivity index (χ0n) is 21.5. The van der Waals surface area contributed by atoms with E-state index in [1.165, 1.54) is 33.0 Å². The van der Waals surface area contributed by atoms with Crippen LogP contribution < -0.4 is 0 Å². The van der Waals surface area contributed by atoms with E-state index in [4.69, 9.17) is 0 Å². The number of fused-ring (bicyclic) bond motifs is 1. The van der Waals surface area contributed by atoms with Gasteiger partial charge in [-0.3, -0.25) is 0 Å². The maximum Gasteiger partial charge on any atom is 0.0941 e. The predicted molar refractivity (Wildman–Crippen MR) is 150 cm³/mol. The normalized spacial score (nSPS) is 17.6. The van der Waals surface area contributed by atoms with Gasteiger partial charge in [0.25, 0.3) is 0 Å². The quantitative estimate of drug-likeness (QED) is 0.170. The molecule has 0 saturated carbocycles. The fourth-order valence-corrected chi connectivity index (χ4v) is 12.2. The van der Waals surface area contributed by atoms with E-state index in [1.807, 2.05) is 11.3 Å². The number of allylic oxidation sites excluding steroid dienone is 1. The standard InChI is InChI=1S/C21H23.C10H12SSi.Zr/c1-5-15-13-17-7-6-8-19(20(17)14-15)16-9-11-18(12-10-16)21(2,3)4;1-6-9-7-4-5-11-8(7)10(6)12(9,2)3;/h6-14H,5H2,1-4H3;4-5,9H,1-3H3;/q-1;;. The molecule has 0 fully saturated rings. The summed E-state index contributed by atoms with van der Waals surface area (Å²) in [4.78, 5) is 1.63. The third-order valence-electron chi connectivity index (χ3n) is 7.71. The van der Waals surface area contributed by atoms with E-state index in [9.17, 15) is 0 Å². The molecule has 0 nitrogen and oxygen atoms in total. The molecule has 2 aliphatic heterocycles. The summed E-state index contributed by atoms with van der Waals surface area (Å²) in [6, 6.07) is 22.6. The monoisotopic (exact) mass is 557 g/mol. The predicted octanol–water partition coefficient (Wildman–Crippen LogP) is 9.50. The number of rotatable bonds is 2.